The van der Waals surface area contributed by atoms with Gasteiger partial charge in [-0.05, 0) is 0 Å². The second-order valence-electron chi connectivity index (χ2n) is 6.50. The van der Waals surface area contributed by atoms with Crippen LogP contribution in [0, 0.1) is 6.43 Å². The van der Waals surface area contributed by atoms with Crippen LogP contribution in [-0.4, -0.2) is 65.4 Å². The van der Waals surface area contributed by atoms with E-state index in [1.165, 1.54) is 0 Å². The molecule has 0 rings (SSSR count). The smallest absolute Gasteiger partial charge is 0.415 e. The number of hydrogen-bond acceptors (Lipinski definition) is 0. The van der Waals surface area contributed by atoms with Gasteiger partial charge < -0.3 is 8.78 Å². The summed E-state index contributed by atoms with van der Waals surface area (Å²) in [5.41, 5.74) is 0. The van der Waals surface area contributed by atoms with E-state index in [-0.39, 0.29) is 29.6 Å². The number of rotatable bonds is 10. The first-order valence-corrected chi connectivity index (χ1v) is 7.47. The van der Waals surface area contributed by atoms with Gasteiger partial charge in [-0.3, -0.25) is 0 Å². The molecule has 26 heteroatoms. The Morgan fingerprint density at radius 2 is 0.421 bits per heavy atom. The van der Waals surface area contributed by atoms with Crippen molar-refractivity contribution in [3.05, 3.63) is 6.43 Å². The molecule has 38 heavy (non-hydrogen) atoms. The number of alkyl halides is 23. The molecule has 0 amide bonds. The fraction of sp³-hybridized carbons (Fsp3) is 0.917. The standard InChI is InChI=1S/C12F25.Na/c13-1(14)2(15,16)3(17,18)4(19,20)5(21,22)6(23,24)7(25,26)8(27,28)9(29,30)10(31,32)11(33,34)12(35,36)37;/q-1;+1. The third-order valence-electron chi connectivity index (χ3n) is 4.14. The Morgan fingerprint density at radius 1 is 0.263 bits per heavy atom. The molecule has 0 aliphatic carbocycles. The summed E-state index contributed by atoms with van der Waals surface area (Å²) >= 11 is 0. The van der Waals surface area contributed by atoms with E-state index < -0.39 is 71.8 Å². The van der Waals surface area contributed by atoms with Gasteiger partial charge in [-0.1, -0.05) is 0 Å². The van der Waals surface area contributed by atoms with E-state index in [2.05, 4.69) is 0 Å². The van der Waals surface area contributed by atoms with Crippen LogP contribution in [0.2, 0.25) is 0 Å². The molecule has 0 bridgehead atoms. The summed E-state index contributed by atoms with van der Waals surface area (Å²) in [5.74, 6) is -90.9. The first kappa shape index (κ1) is 39.4. The van der Waals surface area contributed by atoms with Crippen LogP contribution in [-0.2, 0) is 0 Å². The maximum atomic E-state index is 13.3. The van der Waals surface area contributed by atoms with E-state index in [4.69, 9.17) is 0 Å². The largest absolute Gasteiger partial charge is 1.00 e. The molecule has 0 fully saturated rings. The first-order valence-electron chi connectivity index (χ1n) is 7.47. The zero-order chi connectivity index (χ0) is 31.1. The summed E-state index contributed by atoms with van der Waals surface area (Å²) in [6.45, 7) is 0. The maximum Gasteiger partial charge on any atom is 1.00 e. The minimum absolute atomic E-state index is 0. The van der Waals surface area contributed by atoms with Crippen molar-refractivity contribution in [2.45, 2.75) is 65.4 Å². The molecular weight excluding hydrogens is 642 g/mol. The van der Waals surface area contributed by atoms with Crippen LogP contribution in [0.25, 0.3) is 0 Å². The Labute approximate surface area is 211 Å². The van der Waals surface area contributed by atoms with Gasteiger partial charge in [0.15, 0.2) is 0 Å². The predicted molar refractivity (Wildman–Crippen MR) is 61.0 cm³/mol. The molecule has 0 aromatic carbocycles. The van der Waals surface area contributed by atoms with Crippen LogP contribution < -0.4 is 29.6 Å². The van der Waals surface area contributed by atoms with Gasteiger partial charge in [-0.2, -0.15) is 92.2 Å². The summed E-state index contributed by atoms with van der Waals surface area (Å²) in [4.78, 5) is 0. The fourth-order valence-corrected chi connectivity index (χ4v) is 1.87. The van der Waals surface area contributed by atoms with E-state index >= 15 is 0 Å². The van der Waals surface area contributed by atoms with Crippen LogP contribution in [0.15, 0.2) is 0 Å². The van der Waals surface area contributed by atoms with Gasteiger partial charge in [-0.25, -0.2) is 8.78 Å². The van der Waals surface area contributed by atoms with Crippen molar-refractivity contribution >= 4 is 0 Å². The Morgan fingerprint density at radius 3 is 0.579 bits per heavy atom. The third-order valence-corrected chi connectivity index (χ3v) is 4.14. The SMILES string of the molecule is F[C-](F)C(F)(F)C(F)(F)C(F)(F)C(F)(F)C(F)(F)C(F)(F)C(F)(F)C(F)(F)C(F)(F)C(F)(F)C(F)(F)F.[Na+]. The predicted octanol–water partition coefficient (Wildman–Crippen LogP) is 5.33. The topological polar surface area (TPSA) is 0 Å². The Bertz CT molecular complexity index is 832. The summed E-state index contributed by atoms with van der Waals surface area (Å²) in [7, 11) is 0. The Balaban J connectivity index is 0. The minimum atomic E-state index is -9.55. The maximum absolute atomic E-state index is 13.3. The van der Waals surface area contributed by atoms with Crippen molar-refractivity contribution in [2.75, 3.05) is 0 Å². The normalized spacial score (nSPS) is 16.6. The number of hydrogen-bond donors (Lipinski definition) is 0. The monoisotopic (exact) mass is 642 g/mol. The van der Waals surface area contributed by atoms with Crippen molar-refractivity contribution < 1.29 is 139 Å². The van der Waals surface area contributed by atoms with Gasteiger partial charge in [0.1, 0.15) is 0 Å². The Hall–Kier alpha value is -0.750. The molecule has 0 nitrogen and oxygen atoms in total. The quantitative estimate of drug-likeness (QED) is 0.172. The molecule has 0 N–H and O–H groups in total. The van der Waals surface area contributed by atoms with Crippen molar-refractivity contribution in [3.63, 3.8) is 0 Å². The van der Waals surface area contributed by atoms with E-state index in [1.54, 1.807) is 0 Å². The van der Waals surface area contributed by atoms with Gasteiger partial charge in [0.25, 0.3) is 5.92 Å². The molecule has 0 aliphatic rings. The van der Waals surface area contributed by atoms with E-state index in [0.29, 0.717) is 0 Å². The molecule has 0 aromatic heterocycles. The van der Waals surface area contributed by atoms with Crippen LogP contribution in [0.4, 0.5) is 110 Å². The minimum Gasteiger partial charge on any atom is -0.415 e. The second-order valence-corrected chi connectivity index (χ2v) is 6.50. The molecule has 0 atom stereocenters. The van der Waals surface area contributed by atoms with Crippen molar-refractivity contribution in [3.8, 4) is 0 Å². The molecule has 0 heterocycles. The molecule has 0 aliphatic heterocycles. The summed E-state index contributed by atoms with van der Waals surface area (Å²) < 4.78 is 320. The molecule has 224 valence electrons. The number of halogens is 25. The average molecular weight is 642 g/mol. The van der Waals surface area contributed by atoms with E-state index in [1.807, 2.05) is 0 Å². The zero-order valence-electron chi connectivity index (χ0n) is 16.4. The molecule has 0 saturated carbocycles. The molecule has 0 unspecified atom stereocenters. The average Bonchev–Trinajstić information content (AvgIpc) is 2.65. The van der Waals surface area contributed by atoms with Crippen molar-refractivity contribution in [1.82, 2.24) is 0 Å². The van der Waals surface area contributed by atoms with Crippen LogP contribution >= 0.6 is 0 Å². The molecule has 0 saturated heterocycles. The molecule has 0 aromatic rings. The van der Waals surface area contributed by atoms with Gasteiger partial charge in [0.2, 0.25) is 0 Å². The molecule has 0 radical (unpaired) electrons. The van der Waals surface area contributed by atoms with Crippen LogP contribution in [0.5, 0.6) is 0 Å². The van der Waals surface area contributed by atoms with Crippen molar-refractivity contribution in [1.29, 1.82) is 0 Å². The van der Waals surface area contributed by atoms with Crippen molar-refractivity contribution in [2.24, 2.45) is 0 Å². The Kier molecular flexibility index (Phi) is 10.0. The summed E-state index contributed by atoms with van der Waals surface area (Å²) in [6, 6.07) is 0. The van der Waals surface area contributed by atoms with Gasteiger partial charge in [0.05, 0.1) is 6.43 Å². The van der Waals surface area contributed by atoms with Gasteiger partial charge in [0, 0.05) is 0 Å². The second kappa shape index (κ2) is 9.67. The molecular formula is C12F25Na. The third kappa shape index (κ3) is 4.56. The molecule has 0 spiro atoms. The van der Waals surface area contributed by atoms with Gasteiger partial charge in [-0.15, -0.1) is 0 Å². The van der Waals surface area contributed by atoms with E-state index in [9.17, 15) is 110 Å². The summed E-state index contributed by atoms with van der Waals surface area (Å²) in [6.07, 6.45) is -13.5. The van der Waals surface area contributed by atoms with E-state index in [0.717, 1.165) is 0 Å². The van der Waals surface area contributed by atoms with Crippen LogP contribution in [0.1, 0.15) is 0 Å². The first-order chi connectivity index (χ1) is 15.4. The fourth-order valence-electron chi connectivity index (χ4n) is 1.87. The summed E-state index contributed by atoms with van der Waals surface area (Å²) in [5, 5.41) is 0. The van der Waals surface area contributed by atoms with Gasteiger partial charge >= 0.3 is 89.0 Å². The van der Waals surface area contributed by atoms with Crippen LogP contribution in [0.3, 0.4) is 0 Å². The zero-order valence-corrected chi connectivity index (χ0v) is 18.4.